The van der Waals surface area contributed by atoms with Crippen LogP contribution in [0.5, 0.6) is 0 Å². The van der Waals surface area contributed by atoms with Crippen LogP contribution in [0, 0.1) is 0 Å². The second-order valence-electron chi connectivity index (χ2n) is 7.05. The summed E-state index contributed by atoms with van der Waals surface area (Å²) < 4.78 is 49.9. The topological polar surface area (TPSA) is 88.8 Å². The smallest absolute Gasteiger partial charge is 0.417 e. The number of carboxylic acids is 1. The maximum absolute atomic E-state index is 13.2. The van der Waals surface area contributed by atoms with Gasteiger partial charge >= 0.3 is 18.2 Å². The molecule has 0 aliphatic rings. The van der Waals surface area contributed by atoms with Crippen LogP contribution in [0.2, 0.25) is 0 Å². The van der Waals surface area contributed by atoms with Crippen LogP contribution in [-0.4, -0.2) is 28.8 Å². The molecule has 0 spiro atoms. The predicted octanol–water partition coefficient (Wildman–Crippen LogP) is 4.49. The molecule has 1 heterocycles. The van der Waals surface area contributed by atoms with E-state index in [2.05, 4.69) is 5.32 Å². The first-order chi connectivity index (χ1) is 12.9. The van der Waals surface area contributed by atoms with E-state index in [0.29, 0.717) is 0 Å². The fourth-order valence-electron chi connectivity index (χ4n) is 2.43. The fourth-order valence-corrected chi connectivity index (χ4v) is 2.43. The third-order valence-electron chi connectivity index (χ3n) is 3.55. The molecule has 0 aliphatic heterocycles. The van der Waals surface area contributed by atoms with Crippen LogP contribution in [0.15, 0.2) is 40.8 Å². The van der Waals surface area contributed by atoms with E-state index in [9.17, 15) is 27.9 Å². The van der Waals surface area contributed by atoms with Gasteiger partial charge in [0.05, 0.1) is 5.56 Å². The number of hydrogen-bond donors (Lipinski definition) is 2. The number of carboxylic acid groups (broad SMARTS) is 1. The number of ether oxygens (including phenoxy) is 1. The van der Waals surface area contributed by atoms with Crippen LogP contribution in [0.4, 0.5) is 18.0 Å². The van der Waals surface area contributed by atoms with Crippen LogP contribution in [0.1, 0.15) is 32.1 Å². The summed E-state index contributed by atoms with van der Waals surface area (Å²) in [5.41, 5.74) is -1.84. The van der Waals surface area contributed by atoms with Crippen molar-refractivity contribution in [2.45, 2.75) is 45.0 Å². The van der Waals surface area contributed by atoms with Gasteiger partial charge in [-0.3, -0.25) is 0 Å². The van der Waals surface area contributed by atoms with E-state index in [0.717, 1.165) is 6.07 Å². The molecule has 1 unspecified atom stereocenters. The summed E-state index contributed by atoms with van der Waals surface area (Å²) in [7, 11) is 0. The van der Waals surface area contributed by atoms with Crippen molar-refractivity contribution < 1.29 is 37.0 Å². The van der Waals surface area contributed by atoms with Gasteiger partial charge in [0.15, 0.2) is 0 Å². The molecule has 28 heavy (non-hydrogen) atoms. The second kappa shape index (κ2) is 7.95. The van der Waals surface area contributed by atoms with Gasteiger partial charge in [-0.1, -0.05) is 18.2 Å². The molecule has 2 aromatic rings. The zero-order chi connectivity index (χ0) is 21.1. The van der Waals surface area contributed by atoms with E-state index in [-0.39, 0.29) is 23.5 Å². The fraction of sp³-hybridized carbons (Fsp3) is 0.368. The van der Waals surface area contributed by atoms with Crippen LogP contribution >= 0.6 is 0 Å². The summed E-state index contributed by atoms with van der Waals surface area (Å²) in [4.78, 5) is 23.2. The predicted molar refractivity (Wildman–Crippen MR) is 93.6 cm³/mol. The molecule has 9 heteroatoms. The Bertz CT molecular complexity index is 852. The second-order valence-corrected chi connectivity index (χ2v) is 7.05. The van der Waals surface area contributed by atoms with Crippen molar-refractivity contribution >= 4 is 12.1 Å². The van der Waals surface area contributed by atoms with Gasteiger partial charge in [-0.05, 0) is 39.0 Å². The number of amides is 1. The standard InChI is InChI=1S/C19H20F3NO5/c1-18(2,3)28-17(26)23-14(16(24)25)10-11-8-9-15(27-11)12-6-4-5-7-13(12)19(20,21)22/h4-9,14H,10H2,1-3H3,(H,23,26)(H,24,25). The SMILES string of the molecule is CC(C)(C)OC(=O)NC(Cc1ccc(-c2ccccc2C(F)(F)F)o1)C(=O)O. The Kier molecular flexibility index (Phi) is 6.06. The molecule has 0 radical (unpaired) electrons. The maximum Gasteiger partial charge on any atom is 0.417 e. The summed E-state index contributed by atoms with van der Waals surface area (Å²) in [5, 5.41) is 11.5. The first-order valence-corrected chi connectivity index (χ1v) is 8.34. The van der Waals surface area contributed by atoms with Gasteiger partial charge in [0.1, 0.15) is 23.2 Å². The molecule has 0 fully saturated rings. The maximum atomic E-state index is 13.2. The Balaban J connectivity index is 2.19. The Morgan fingerprint density at radius 3 is 2.36 bits per heavy atom. The molecule has 2 N–H and O–H groups in total. The minimum Gasteiger partial charge on any atom is -0.480 e. The summed E-state index contributed by atoms with van der Waals surface area (Å²) in [6.45, 7) is 4.87. The number of benzene rings is 1. The number of nitrogens with one attached hydrogen (secondary N) is 1. The van der Waals surface area contributed by atoms with E-state index in [4.69, 9.17) is 9.15 Å². The molecule has 1 atom stereocenters. The van der Waals surface area contributed by atoms with Gasteiger partial charge in [-0.15, -0.1) is 0 Å². The lowest BCUT2D eigenvalue weighted by atomic mass is 10.1. The Morgan fingerprint density at radius 1 is 1.14 bits per heavy atom. The lowest BCUT2D eigenvalue weighted by Crippen LogP contribution is -2.44. The van der Waals surface area contributed by atoms with Gasteiger partial charge in [-0.2, -0.15) is 13.2 Å². The summed E-state index contributed by atoms with van der Waals surface area (Å²) >= 11 is 0. The molecule has 152 valence electrons. The van der Waals surface area contributed by atoms with Crippen molar-refractivity contribution in [2.24, 2.45) is 0 Å². The minimum absolute atomic E-state index is 0.0515. The van der Waals surface area contributed by atoms with Crippen molar-refractivity contribution in [2.75, 3.05) is 0 Å². The van der Waals surface area contributed by atoms with Crippen molar-refractivity contribution in [3.8, 4) is 11.3 Å². The molecule has 0 saturated carbocycles. The van der Waals surface area contributed by atoms with Crippen molar-refractivity contribution in [3.05, 3.63) is 47.7 Å². The molecule has 2 rings (SSSR count). The van der Waals surface area contributed by atoms with E-state index in [1.165, 1.54) is 30.3 Å². The largest absolute Gasteiger partial charge is 0.480 e. The molecule has 6 nitrogen and oxygen atoms in total. The highest BCUT2D eigenvalue weighted by Crippen LogP contribution is 2.37. The third kappa shape index (κ3) is 5.77. The molecule has 0 saturated heterocycles. The summed E-state index contributed by atoms with van der Waals surface area (Å²) in [6, 6.07) is 6.23. The van der Waals surface area contributed by atoms with Crippen LogP contribution in [0.3, 0.4) is 0 Å². The number of hydrogen-bond acceptors (Lipinski definition) is 4. The van der Waals surface area contributed by atoms with Crippen molar-refractivity contribution in [3.63, 3.8) is 0 Å². The van der Waals surface area contributed by atoms with Crippen LogP contribution in [0.25, 0.3) is 11.3 Å². The monoisotopic (exact) mass is 399 g/mol. The zero-order valence-corrected chi connectivity index (χ0v) is 15.5. The number of alkyl halides is 3. The Morgan fingerprint density at radius 2 is 1.79 bits per heavy atom. The summed E-state index contributed by atoms with van der Waals surface area (Å²) in [6.07, 6.45) is -5.75. The van der Waals surface area contributed by atoms with Gasteiger partial charge in [-0.25, -0.2) is 9.59 Å². The normalized spacial score (nSPS) is 13.1. The quantitative estimate of drug-likeness (QED) is 0.774. The molecular weight excluding hydrogens is 379 g/mol. The number of rotatable bonds is 5. The lowest BCUT2D eigenvalue weighted by Gasteiger charge is -2.21. The number of aliphatic carboxylic acids is 1. The Hall–Kier alpha value is -2.97. The number of alkyl carbamates (subject to hydrolysis) is 1. The number of carbonyl (C=O) groups is 2. The average molecular weight is 399 g/mol. The van der Waals surface area contributed by atoms with Gasteiger partial charge in [0.25, 0.3) is 0 Å². The van der Waals surface area contributed by atoms with Gasteiger partial charge in [0, 0.05) is 12.0 Å². The van der Waals surface area contributed by atoms with Crippen LogP contribution in [-0.2, 0) is 22.1 Å². The van der Waals surface area contributed by atoms with Crippen molar-refractivity contribution in [1.29, 1.82) is 0 Å². The highest BCUT2D eigenvalue weighted by Gasteiger charge is 2.34. The first kappa shape index (κ1) is 21.3. The first-order valence-electron chi connectivity index (χ1n) is 8.34. The molecule has 1 aromatic carbocycles. The molecule has 0 aliphatic carbocycles. The van der Waals surface area contributed by atoms with Crippen LogP contribution < -0.4 is 5.32 Å². The highest BCUT2D eigenvalue weighted by molar-refractivity contribution is 5.80. The van der Waals surface area contributed by atoms with Gasteiger partial charge < -0.3 is 19.6 Å². The number of furan rings is 1. The molecular formula is C19H20F3NO5. The Labute approximate surface area is 159 Å². The molecule has 0 bridgehead atoms. The molecule has 1 aromatic heterocycles. The van der Waals surface area contributed by atoms with E-state index in [1.54, 1.807) is 20.8 Å². The lowest BCUT2D eigenvalue weighted by molar-refractivity contribution is -0.139. The summed E-state index contributed by atoms with van der Waals surface area (Å²) in [5.74, 6) is -1.28. The number of carbonyl (C=O) groups excluding carboxylic acids is 1. The zero-order valence-electron chi connectivity index (χ0n) is 15.5. The molecule has 1 amide bonds. The number of halogens is 3. The minimum atomic E-state index is -4.56. The average Bonchev–Trinajstić information content (AvgIpc) is 3.00. The van der Waals surface area contributed by atoms with E-state index in [1.807, 2.05) is 0 Å². The van der Waals surface area contributed by atoms with E-state index < -0.39 is 35.4 Å². The van der Waals surface area contributed by atoms with Crippen molar-refractivity contribution in [1.82, 2.24) is 5.32 Å². The van der Waals surface area contributed by atoms with E-state index >= 15 is 0 Å². The highest BCUT2D eigenvalue weighted by atomic mass is 19.4. The van der Waals surface area contributed by atoms with Gasteiger partial charge in [0.2, 0.25) is 0 Å². The third-order valence-corrected chi connectivity index (χ3v) is 3.55.